The van der Waals surface area contributed by atoms with Crippen molar-refractivity contribution in [1.82, 2.24) is 19.9 Å². The highest BCUT2D eigenvalue weighted by molar-refractivity contribution is 6.33. The lowest BCUT2D eigenvalue weighted by atomic mass is 10.3. The molecule has 0 radical (unpaired) electrons. The maximum Gasteiger partial charge on any atom is 0.319 e. The van der Waals surface area contributed by atoms with Gasteiger partial charge in [0.2, 0.25) is 5.88 Å². The third-order valence-electron chi connectivity index (χ3n) is 4.28. The van der Waals surface area contributed by atoms with E-state index in [9.17, 15) is 4.79 Å². The maximum absolute atomic E-state index is 11.9. The summed E-state index contributed by atoms with van der Waals surface area (Å²) in [7, 11) is 1.90. The van der Waals surface area contributed by atoms with Crippen molar-refractivity contribution >= 4 is 34.4 Å². The van der Waals surface area contributed by atoms with Gasteiger partial charge in [0.25, 0.3) is 0 Å². The van der Waals surface area contributed by atoms with Crippen LogP contribution in [-0.4, -0.2) is 27.1 Å². The molecule has 1 aliphatic rings. The number of ether oxygens (including phenoxy) is 1. The molecule has 2 amide bonds. The Morgan fingerprint density at radius 1 is 1.35 bits per heavy atom. The largest absolute Gasteiger partial charge is 0.437 e. The number of hydrogen-bond donors (Lipinski definition) is 2. The van der Waals surface area contributed by atoms with Crippen LogP contribution in [0.25, 0.3) is 11.0 Å². The van der Waals surface area contributed by atoms with Gasteiger partial charge in [-0.2, -0.15) is 4.98 Å². The Morgan fingerprint density at radius 2 is 2.19 bits per heavy atom. The Bertz CT molecular complexity index is 967. The van der Waals surface area contributed by atoms with E-state index in [0.717, 1.165) is 11.0 Å². The molecule has 0 aliphatic heterocycles. The summed E-state index contributed by atoms with van der Waals surface area (Å²) >= 11 is 6.28. The zero-order valence-electron chi connectivity index (χ0n) is 14.2. The van der Waals surface area contributed by atoms with Gasteiger partial charge in [-0.3, -0.25) is 0 Å². The van der Waals surface area contributed by atoms with Crippen LogP contribution in [0.1, 0.15) is 12.8 Å². The summed E-state index contributed by atoms with van der Waals surface area (Å²) in [5.74, 6) is 1.59. The summed E-state index contributed by atoms with van der Waals surface area (Å²) in [4.78, 5) is 20.3. The van der Waals surface area contributed by atoms with E-state index in [0.29, 0.717) is 34.8 Å². The van der Waals surface area contributed by atoms with Crippen molar-refractivity contribution in [3.05, 3.63) is 41.8 Å². The lowest BCUT2D eigenvalue weighted by Gasteiger charge is -2.11. The number of nitrogens with one attached hydrogen (secondary N) is 2. The topological polar surface area (TPSA) is 81.1 Å². The zero-order chi connectivity index (χ0) is 18.1. The molecule has 8 heteroatoms. The van der Waals surface area contributed by atoms with Crippen molar-refractivity contribution in [3.8, 4) is 11.6 Å². The smallest absolute Gasteiger partial charge is 0.319 e. The number of urea groups is 1. The number of aromatic nitrogens is 3. The van der Waals surface area contributed by atoms with Crippen molar-refractivity contribution < 1.29 is 9.53 Å². The fraction of sp³-hybridized carbons (Fsp3) is 0.278. The first-order valence-corrected chi connectivity index (χ1v) is 8.76. The molecule has 1 fully saturated rings. The molecule has 0 saturated heterocycles. The van der Waals surface area contributed by atoms with E-state index in [1.54, 1.807) is 18.2 Å². The summed E-state index contributed by atoms with van der Waals surface area (Å²) in [5, 5.41) is 5.98. The molecule has 0 unspecified atom stereocenters. The van der Waals surface area contributed by atoms with Crippen LogP contribution in [0.2, 0.25) is 5.02 Å². The average Bonchev–Trinajstić information content (AvgIpc) is 3.38. The first kappa shape index (κ1) is 16.7. The first-order chi connectivity index (χ1) is 12.6. The lowest BCUT2D eigenvalue weighted by molar-refractivity contribution is 0.251. The summed E-state index contributed by atoms with van der Waals surface area (Å²) in [6, 6.07) is 6.73. The Labute approximate surface area is 155 Å². The third kappa shape index (κ3) is 3.57. The predicted molar refractivity (Wildman–Crippen MR) is 99.8 cm³/mol. The van der Waals surface area contributed by atoms with Crippen molar-refractivity contribution in [2.24, 2.45) is 13.0 Å². The van der Waals surface area contributed by atoms with Crippen LogP contribution >= 0.6 is 11.6 Å². The van der Waals surface area contributed by atoms with Gasteiger partial charge >= 0.3 is 6.03 Å². The Morgan fingerprint density at radius 3 is 2.96 bits per heavy atom. The molecule has 3 aromatic rings. The second kappa shape index (κ2) is 6.84. The van der Waals surface area contributed by atoms with Gasteiger partial charge in [-0.05, 0) is 37.0 Å². The van der Waals surface area contributed by atoms with Gasteiger partial charge in [-0.25, -0.2) is 9.78 Å². The summed E-state index contributed by atoms with van der Waals surface area (Å²) < 4.78 is 7.77. The molecule has 0 atom stereocenters. The fourth-order valence-electron chi connectivity index (χ4n) is 2.66. The van der Waals surface area contributed by atoms with E-state index in [1.807, 2.05) is 23.9 Å². The maximum atomic E-state index is 11.9. The molecule has 2 N–H and O–H groups in total. The van der Waals surface area contributed by atoms with Crippen molar-refractivity contribution in [1.29, 1.82) is 0 Å². The Hall–Kier alpha value is -2.80. The number of nitrogens with zero attached hydrogens (tertiary/aromatic N) is 3. The second-order valence-corrected chi connectivity index (χ2v) is 6.77. The summed E-state index contributed by atoms with van der Waals surface area (Å²) in [6.45, 7) is 0.699. The minimum absolute atomic E-state index is 0.256. The van der Waals surface area contributed by atoms with Crippen LogP contribution in [0.15, 0.2) is 36.8 Å². The van der Waals surface area contributed by atoms with Gasteiger partial charge in [0.05, 0.1) is 16.2 Å². The van der Waals surface area contributed by atoms with Crippen molar-refractivity contribution in [2.45, 2.75) is 12.8 Å². The molecular formula is C18H18ClN5O2. The average molecular weight is 372 g/mol. The number of carbonyl (C=O) groups excluding carboxylic acids is 1. The highest BCUT2D eigenvalue weighted by atomic mass is 35.5. The monoisotopic (exact) mass is 371 g/mol. The fourth-order valence-corrected chi connectivity index (χ4v) is 2.88. The van der Waals surface area contributed by atoms with Crippen LogP contribution in [0.5, 0.6) is 11.6 Å². The standard InChI is InChI=1S/C18H18ClN5O2/c1-24-7-6-15-16(24)17(22-10-21-15)26-12-4-5-14(13(19)8-12)23-18(25)20-9-11-2-3-11/h4-8,10-11H,2-3,9H2,1H3,(H2,20,23,25). The molecule has 134 valence electrons. The number of benzene rings is 1. The second-order valence-electron chi connectivity index (χ2n) is 6.36. The molecule has 26 heavy (non-hydrogen) atoms. The first-order valence-electron chi connectivity index (χ1n) is 8.38. The van der Waals surface area contributed by atoms with Gasteiger partial charge in [-0.1, -0.05) is 11.6 Å². The molecule has 0 spiro atoms. The lowest BCUT2D eigenvalue weighted by Crippen LogP contribution is -2.30. The number of hydrogen-bond acceptors (Lipinski definition) is 4. The summed E-state index contributed by atoms with van der Waals surface area (Å²) in [5.41, 5.74) is 2.12. The number of amides is 2. The highest BCUT2D eigenvalue weighted by Crippen LogP contribution is 2.32. The van der Waals surface area contributed by atoms with E-state index in [-0.39, 0.29) is 6.03 Å². The molecule has 1 saturated carbocycles. The third-order valence-corrected chi connectivity index (χ3v) is 4.59. The summed E-state index contributed by atoms with van der Waals surface area (Å²) in [6.07, 6.45) is 5.72. The minimum Gasteiger partial charge on any atom is -0.437 e. The Kier molecular flexibility index (Phi) is 4.38. The SMILES string of the molecule is Cn1ccc2ncnc(Oc3ccc(NC(=O)NCC4CC4)c(Cl)c3)c21. The highest BCUT2D eigenvalue weighted by Gasteiger charge is 2.21. The zero-order valence-corrected chi connectivity index (χ0v) is 15.0. The van der Waals surface area contributed by atoms with Gasteiger partial charge in [0, 0.05) is 25.9 Å². The van der Waals surface area contributed by atoms with Crippen LogP contribution in [0.4, 0.5) is 10.5 Å². The van der Waals surface area contributed by atoms with E-state index in [2.05, 4.69) is 20.6 Å². The quantitative estimate of drug-likeness (QED) is 0.711. The number of halogens is 1. The molecule has 1 aliphatic carbocycles. The van der Waals surface area contributed by atoms with Gasteiger partial charge in [0.1, 0.15) is 17.6 Å². The van der Waals surface area contributed by atoms with Gasteiger partial charge in [-0.15, -0.1) is 0 Å². The molecule has 2 heterocycles. The molecular weight excluding hydrogens is 354 g/mol. The van der Waals surface area contributed by atoms with E-state index in [4.69, 9.17) is 16.3 Å². The minimum atomic E-state index is -0.256. The number of carbonyl (C=O) groups is 1. The van der Waals surface area contributed by atoms with Crippen LogP contribution in [0.3, 0.4) is 0 Å². The van der Waals surface area contributed by atoms with Crippen LogP contribution in [0, 0.1) is 5.92 Å². The molecule has 4 rings (SSSR count). The predicted octanol–water partition coefficient (Wildman–Crippen LogP) is 3.95. The van der Waals surface area contributed by atoms with Gasteiger partial charge < -0.3 is 19.9 Å². The molecule has 0 bridgehead atoms. The van der Waals surface area contributed by atoms with Gasteiger partial charge in [0.15, 0.2) is 0 Å². The number of aryl methyl sites for hydroxylation is 1. The van der Waals surface area contributed by atoms with E-state index < -0.39 is 0 Å². The number of fused-ring (bicyclic) bond motifs is 1. The molecule has 1 aromatic carbocycles. The number of anilines is 1. The number of rotatable bonds is 5. The van der Waals surface area contributed by atoms with E-state index >= 15 is 0 Å². The van der Waals surface area contributed by atoms with Crippen LogP contribution in [-0.2, 0) is 7.05 Å². The normalized spacial score (nSPS) is 13.6. The Balaban J connectivity index is 1.48. The van der Waals surface area contributed by atoms with Crippen LogP contribution < -0.4 is 15.4 Å². The molecule has 2 aromatic heterocycles. The van der Waals surface area contributed by atoms with E-state index in [1.165, 1.54) is 19.2 Å². The van der Waals surface area contributed by atoms with Crippen molar-refractivity contribution in [2.75, 3.05) is 11.9 Å². The molecule has 7 nitrogen and oxygen atoms in total. The van der Waals surface area contributed by atoms with Crippen molar-refractivity contribution in [3.63, 3.8) is 0 Å².